The average Bonchev–Trinajstić information content (AvgIpc) is 2.61. The van der Waals surface area contributed by atoms with Crippen LogP contribution in [0.4, 0.5) is 0 Å². The number of rotatable bonds is 4. The van der Waals surface area contributed by atoms with Crippen LogP contribution in [-0.4, -0.2) is 30.9 Å². The molecule has 16 heavy (non-hydrogen) atoms. The van der Waals surface area contributed by atoms with E-state index in [1.54, 1.807) is 13.8 Å². The number of hydrogen-bond donors (Lipinski definition) is 0. The molecule has 0 aromatic rings. The normalized spacial score (nSPS) is 15.2. The van der Waals surface area contributed by atoms with Crippen molar-refractivity contribution in [3.05, 3.63) is 11.1 Å². The van der Waals surface area contributed by atoms with Crippen molar-refractivity contribution in [1.29, 1.82) is 0 Å². The summed E-state index contributed by atoms with van der Waals surface area (Å²) < 4.78 is 9.51. The summed E-state index contributed by atoms with van der Waals surface area (Å²) in [6.07, 6.45) is 0.425. The molecule has 0 spiro atoms. The van der Waals surface area contributed by atoms with Crippen molar-refractivity contribution < 1.29 is 23.9 Å². The third-order valence-electron chi connectivity index (χ3n) is 2.18. The van der Waals surface area contributed by atoms with Crippen molar-refractivity contribution in [1.82, 2.24) is 0 Å². The van der Waals surface area contributed by atoms with Crippen LogP contribution in [0.25, 0.3) is 0 Å². The van der Waals surface area contributed by atoms with E-state index in [9.17, 15) is 14.4 Å². The van der Waals surface area contributed by atoms with Gasteiger partial charge in [0, 0.05) is 6.42 Å². The van der Waals surface area contributed by atoms with Gasteiger partial charge in [-0.1, -0.05) is 0 Å². The molecule has 0 aromatic heterocycles. The zero-order valence-corrected chi connectivity index (χ0v) is 9.37. The first kappa shape index (κ1) is 12.4. The number of carbonyl (C=O) groups is 3. The predicted molar refractivity (Wildman–Crippen MR) is 54.5 cm³/mol. The minimum absolute atomic E-state index is 0.139. The Morgan fingerprint density at radius 3 is 2.19 bits per heavy atom. The second-order valence-electron chi connectivity index (χ2n) is 3.22. The Morgan fingerprint density at radius 2 is 1.62 bits per heavy atom. The Balaban J connectivity index is 2.95. The predicted octanol–water partition coefficient (Wildman–Crippen LogP) is 0.772. The second kappa shape index (κ2) is 5.44. The van der Waals surface area contributed by atoms with E-state index < -0.39 is 11.9 Å². The molecule has 5 heteroatoms. The van der Waals surface area contributed by atoms with E-state index in [1.807, 2.05) is 0 Å². The Kier molecular flexibility index (Phi) is 4.22. The third kappa shape index (κ3) is 2.48. The molecule has 0 unspecified atom stereocenters. The molecule has 0 atom stereocenters. The van der Waals surface area contributed by atoms with Crippen LogP contribution in [0.15, 0.2) is 11.1 Å². The number of carbonyl (C=O) groups excluding carboxylic acids is 3. The van der Waals surface area contributed by atoms with E-state index >= 15 is 0 Å². The van der Waals surface area contributed by atoms with Crippen LogP contribution in [0.1, 0.15) is 26.7 Å². The first-order chi connectivity index (χ1) is 7.61. The van der Waals surface area contributed by atoms with Crippen molar-refractivity contribution in [2.45, 2.75) is 26.7 Å². The highest BCUT2D eigenvalue weighted by Crippen LogP contribution is 2.25. The maximum absolute atomic E-state index is 11.5. The molecule has 0 radical (unpaired) electrons. The van der Waals surface area contributed by atoms with Gasteiger partial charge in [0.15, 0.2) is 5.78 Å². The fourth-order valence-electron chi connectivity index (χ4n) is 1.52. The summed E-state index contributed by atoms with van der Waals surface area (Å²) in [6, 6.07) is 0. The highest BCUT2D eigenvalue weighted by atomic mass is 16.5. The quantitative estimate of drug-likeness (QED) is 0.523. The largest absolute Gasteiger partial charge is 0.463 e. The van der Waals surface area contributed by atoms with Crippen molar-refractivity contribution >= 4 is 17.7 Å². The molecule has 0 aliphatic heterocycles. The fraction of sp³-hybridized carbons (Fsp3) is 0.545. The topological polar surface area (TPSA) is 69.7 Å². The van der Waals surface area contributed by atoms with Crippen LogP contribution < -0.4 is 0 Å². The Labute approximate surface area is 93.4 Å². The first-order valence-corrected chi connectivity index (χ1v) is 5.22. The molecule has 0 N–H and O–H groups in total. The van der Waals surface area contributed by atoms with Gasteiger partial charge >= 0.3 is 11.9 Å². The molecular weight excluding hydrogens is 212 g/mol. The highest BCUT2D eigenvalue weighted by molar-refractivity contribution is 6.23. The molecule has 1 rings (SSSR count). The molecule has 0 aromatic carbocycles. The van der Waals surface area contributed by atoms with Crippen molar-refractivity contribution in [2.75, 3.05) is 13.2 Å². The standard InChI is InChI=1S/C11H14O5/c1-3-15-10(13)7-5-6-8(12)9(7)11(14)16-4-2/h3-6H2,1-2H3. The summed E-state index contributed by atoms with van der Waals surface area (Å²) in [5, 5.41) is 0. The van der Waals surface area contributed by atoms with Crippen LogP contribution >= 0.6 is 0 Å². The Morgan fingerprint density at radius 1 is 1.06 bits per heavy atom. The minimum atomic E-state index is -0.729. The molecule has 0 saturated heterocycles. The molecule has 0 fully saturated rings. The minimum Gasteiger partial charge on any atom is -0.463 e. The number of ether oxygens (including phenoxy) is 2. The lowest BCUT2D eigenvalue weighted by molar-refractivity contribution is -0.142. The van der Waals surface area contributed by atoms with Gasteiger partial charge < -0.3 is 9.47 Å². The third-order valence-corrected chi connectivity index (χ3v) is 2.18. The van der Waals surface area contributed by atoms with E-state index in [4.69, 9.17) is 9.47 Å². The van der Waals surface area contributed by atoms with Gasteiger partial charge in [0.1, 0.15) is 5.57 Å². The van der Waals surface area contributed by atoms with Crippen LogP contribution in [-0.2, 0) is 23.9 Å². The zero-order chi connectivity index (χ0) is 12.1. The van der Waals surface area contributed by atoms with Crippen LogP contribution in [0.5, 0.6) is 0 Å². The average molecular weight is 226 g/mol. The van der Waals surface area contributed by atoms with E-state index in [2.05, 4.69) is 0 Å². The maximum Gasteiger partial charge on any atom is 0.342 e. The smallest absolute Gasteiger partial charge is 0.342 e. The molecule has 0 heterocycles. The van der Waals surface area contributed by atoms with Gasteiger partial charge in [-0.3, -0.25) is 4.79 Å². The zero-order valence-electron chi connectivity index (χ0n) is 9.37. The van der Waals surface area contributed by atoms with Gasteiger partial charge in [0.05, 0.1) is 18.8 Å². The number of ketones is 1. The van der Waals surface area contributed by atoms with Crippen molar-refractivity contribution in [2.24, 2.45) is 0 Å². The fourth-order valence-corrected chi connectivity index (χ4v) is 1.52. The molecular formula is C11H14O5. The van der Waals surface area contributed by atoms with Gasteiger partial charge in [0.25, 0.3) is 0 Å². The summed E-state index contributed by atoms with van der Waals surface area (Å²) in [6.45, 7) is 3.69. The summed E-state index contributed by atoms with van der Waals surface area (Å²) in [4.78, 5) is 34.4. The molecule has 1 aliphatic carbocycles. The summed E-state index contributed by atoms with van der Waals surface area (Å²) in [5.74, 6) is -1.68. The van der Waals surface area contributed by atoms with Gasteiger partial charge in [0.2, 0.25) is 0 Å². The number of Topliss-reactive ketones (excluding diaryl/α,β-unsaturated/α-hetero) is 1. The van der Waals surface area contributed by atoms with Crippen LogP contribution in [0.2, 0.25) is 0 Å². The lowest BCUT2D eigenvalue weighted by Gasteiger charge is -2.05. The number of esters is 2. The molecule has 88 valence electrons. The van der Waals surface area contributed by atoms with Gasteiger partial charge in [-0.15, -0.1) is 0 Å². The van der Waals surface area contributed by atoms with Crippen LogP contribution in [0.3, 0.4) is 0 Å². The van der Waals surface area contributed by atoms with E-state index in [1.165, 1.54) is 0 Å². The molecule has 0 bridgehead atoms. The Hall–Kier alpha value is -1.65. The lowest BCUT2D eigenvalue weighted by Crippen LogP contribution is -2.17. The summed E-state index contributed by atoms with van der Waals surface area (Å²) >= 11 is 0. The van der Waals surface area contributed by atoms with E-state index in [0.29, 0.717) is 0 Å². The summed E-state index contributed by atoms with van der Waals surface area (Å²) in [5.41, 5.74) is 0.00519. The monoisotopic (exact) mass is 226 g/mol. The van der Waals surface area contributed by atoms with Crippen LogP contribution in [0, 0.1) is 0 Å². The van der Waals surface area contributed by atoms with Crippen molar-refractivity contribution in [3.63, 3.8) is 0 Å². The van der Waals surface area contributed by atoms with E-state index in [-0.39, 0.29) is 43.0 Å². The molecule has 5 nitrogen and oxygen atoms in total. The molecule has 1 aliphatic rings. The Bertz CT molecular complexity index is 353. The van der Waals surface area contributed by atoms with Gasteiger partial charge in [-0.25, -0.2) is 9.59 Å². The number of hydrogen-bond acceptors (Lipinski definition) is 5. The molecule has 0 amide bonds. The SMILES string of the molecule is CCOC(=O)C1=C(C(=O)OCC)C(=O)CC1. The van der Waals surface area contributed by atoms with E-state index in [0.717, 1.165) is 0 Å². The second-order valence-corrected chi connectivity index (χ2v) is 3.22. The van der Waals surface area contributed by atoms with Gasteiger partial charge in [-0.05, 0) is 20.3 Å². The van der Waals surface area contributed by atoms with Gasteiger partial charge in [-0.2, -0.15) is 0 Å². The highest BCUT2D eigenvalue weighted by Gasteiger charge is 2.33. The lowest BCUT2D eigenvalue weighted by atomic mass is 10.1. The molecule has 0 saturated carbocycles. The first-order valence-electron chi connectivity index (χ1n) is 5.22. The van der Waals surface area contributed by atoms with Crippen molar-refractivity contribution in [3.8, 4) is 0 Å². The summed E-state index contributed by atoms with van der Waals surface area (Å²) in [7, 11) is 0. The maximum atomic E-state index is 11.5.